The monoisotopic (exact) mass is 337 g/mol. The summed E-state index contributed by atoms with van der Waals surface area (Å²) in [6, 6.07) is 17.1. The first kappa shape index (κ1) is 19.0. The molecule has 3 heteroatoms. The molecule has 0 radical (unpaired) electrons. The summed E-state index contributed by atoms with van der Waals surface area (Å²) in [5, 5.41) is 7.74. The zero-order chi connectivity index (χ0) is 18.8. The van der Waals surface area contributed by atoms with E-state index in [-0.39, 0.29) is 16.7 Å². The van der Waals surface area contributed by atoms with Gasteiger partial charge in [-0.15, -0.1) is 0 Å². The van der Waals surface area contributed by atoms with Crippen LogP contribution in [-0.2, 0) is 10.8 Å². The molecule has 0 spiro atoms. The third-order valence-corrected chi connectivity index (χ3v) is 4.42. The van der Waals surface area contributed by atoms with Crippen LogP contribution in [0.15, 0.2) is 48.5 Å². The maximum Gasteiger partial charge on any atom is 0.111 e. The Bertz CT molecular complexity index is 656. The predicted molar refractivity (Wildman–Crippen MR) is 109 cm³/mol. The summed E-state index contributed by atoms with van der Waals surface area (Å²) >= 11 is 0. The highest BCUT2D eigenvalue weighted by Gasteiger charge is 2.17. The first-order valence-electron chi connectivity index (χ1n) is 8.80. The van der Waals surface area contributed by atoms with E-state index in [1.54, 1.807) is 0 Å². The number of rotatable bonds is 4. The number of nitrogens with zero attached hydrogens (tertiary/aromatic N) is 1. The fourth-order valence-electron chi connectivity index (χ4n) is 2.78. The molecule has 3 N–H and O–H groups in total. The molecule has 0 aliphatic carbocycles. The van der Waals surface area contributed by atoms with E-state index in [1.165, 1.54) is 11.1 Å². The molecule has 0 saturated heterocycles. The average Bonchev–Trinajstić information content (AvgIpc) is 2.51. The Morgan fingerprint density at radius 3 is 1.32 bits per heavy atom. The van der Waals surface area contributed by atoms with Gasteiger partial charge in [-0.2, -0.15) is 0 Å². The average molecular weight is 338 g/mol. The quantitative estimate of drug-likeness (QED) is 0.583. The van der Waals surface area contributed by atoms with E-state index >= 15 is 0 Å². The Balaban J connectivity index is 2.38. The van der Waals surface area contributed by atoms with Gasteiger partial charge in [0.15, 0.2) is 0 Å². The van der Waals surface area contributed by atoms with Gasteiger partial charge in [0.05, 0.1) is 6.54 Å². The van der Waals surface area contributed by atoms with Gasteiger partial charge in [0, 0.05) is 11.4 Å². The minimum Gasteiger partial charge on any atom is -0.386 e. The maximum absolute atomic E-state index is 7.74. The largest absolute Gasteiger partial charge is 0.386 e. The van der Waals surface area contributed by atoms with Crippen LogP contribution in [0.25, 0.3) is 0 Å². The molecule has 0 saturated carbocycles. The van der Waals surface area contributed by atoms with Crippen molar-refractivity contribution in [3.8, 4) is 0 Å². The van der Waals surface area contributed by atoms with Crippen LogP contribution in [-0.4, -0.2) is 12.4 Å². The molecule has 2 aromatic carbocycles. The molecule has 3 nitrogen and oxygen atoms in total. The number of benzene rings is 2. The van der Waals surface area contributed by atoms with Crippen molar-refractivity contribution in [1.29, 1.82) is 5.41 Å². The van der Waals surface area contributed by atoms with Crippen molar-refractivity contribution in [3.05, 3.63) is 59.7 Å². The molecule has 0 atom stereocenters. The topological polar surface area (TPSA) is 53.1 Å². The molecule has 2 aromatic rings. The highest BCUT2D eigenvalue weighted by molar-refractivity contribution is 5.85. The van der Waals surface area contributed by atoms with Crippen LogP contribution in [0.5, 0.6) is 0 Å². The van der Waals surface area contributed by atoms with Crippen LogP contribution in [0.4, 0.5) is 11.4 Å². The third-order valence-electron chi connectivity index (χ3n) is 4.42. The zero-order valence-electron chi connectivity index (χ0n) is 16.4. The van der Waals surface area contributed by atoms with Gasteiger partial charge in [0.2, 0.25) is 0 Å². The number of hydrogen-bond acceptors (Lipinski definition) is 2. The van der Waals surface area contributed by atoms with Crippen molar-refractivity contribution in [1.82, 2.24) is 0 Å². The van der Waals surface area contributed by atoms with Gasteiger partial charge < -0.3 is 10.6 Å². The number of hydrogen-bond donors (Lipinski definition) is 2. The van der Waals surface area contributed by atoms with Crippen LogP contribution in [0, 0.1) is 5.41 Å². The fraction of sp³-hybridized carbons (Fsp3) is 0.409. The molecule has 134 valence electrons. The van der Waals surface area contributed by atoms with Gasteiger partial charge in [0.1, 0.15) is 5.84 Å². The molecule has 0 aromatic heterocycles. The predicted octanol–water partition coefficient (Wildman–Crippen LogP) is 5.36. The molecular formula is C22H31N3. The van der Waals surface area contributed by atoms with Crippen LogP contribution >= 0.6 is 0 Å². The van der Waals surface area contributed by atoms with Gasteiger partial charge >= 0.3 is 0 Å². The third kappa shape index (κ3) is 4.85. The van der Waals surface area contributed by atoms with E-state index in [0.29, 0.717) is 6.54 Å². The van der Waals surface area contributed by atoms with E-state index < -0.39 is 0 Å². The van der Waals surface area contributed by atoms with Gasteiger partial charge in [-0.1, -0.05) is 65.8 Å². The summed E-state index contributed by atoms with van der Waals surface area (Å²) in [7, 11) is 0. The van der Waals surface area contributed by atoms with Gasteiger partial charge in [-0.3, -0.25) is 5.41 Å². The van der Waals surface area contributed by atoms with Crippen molar-refractivity contribution in [3.63, 3.8) is 0 Å². The Hall–Kier alpha value is -2.29. The molecule has 0 aliphatic rings. The van der Waals surface area contributed by atoms with Crippen LogP contribution < -0.4 is 10.6 Å². The first-order chi connectivity index (χ1) is 11.5. The summed E-state index contributed by atoms with van der Waals surface area (Å²) < 4.78 is 0. The lowest BCUT2D eigenvalue weighted by Crippen LogP contribution is -2.29. The van der Waals surface area contributed by atoms with E-state index in [0.717, 1.165) is 11.4 Å². The molecule has 2 rings (SSSR count). The summed E-state index contributed by atoms with van der Waals surface area (Å²) in [6.45, 7) is 13.6. The molecule has 0 aliphatic heterocycles. The summed E-state index contributed by atoms with van der Waals surface area (Å²) in [6.07, 6.45) is 0. The zero-order valence-corrected chi connectivity index (χ0v) is 16.4. The summed E-state index contributed by atoms with van der Waals surface area (Å²) in [5.41, 5.74) is 10.6. The SMILES string of the molecule is CC(C)(C)c1ccc(N(CC(=N)N)c2ccc(C(C)(C)C)cc2)cc1. The molecule has 0 bridgehead atoms. The Labute approximate surface area is 152 Å². The van der Waals surface area contributed by atoms with Crippen LogP contribution in [0.1, 0.15) is 52.7 Å². The summed E-state index contributed by atoms with van der Waals surface area (Å²) in [4.78, 5) is 2.08. The minimum absolute atomic E-state index is 0.123. The highest BCUT2D eigenvalue weighted by atomic mass is 15.1. The molecule has 0 heterocycles. The lowest BCUT2D eigenvalue weighted by molar-refractivity contribution is 0.590. The second-order valence-electron chi connectivity index (χ2n) is 8.71. The second-order valence-corrected chi connectivity index (χ2v) is 8.71. The first-order valence-corrected chi connectivity index (χ1v) is 8.80. The molecule has 25 heavy (non-hydrogen) atoms. The fourth-order valence-corrected chi connectivity index (χ4v) is 2.78. The Kier molecular flexibility index (Phi) is 5.26. The van der Waals surface area contributed by atoms with Gasteiger partial charge in [0.25, 0.3) is 0 Å². The minimum atomic E-state index is 0.123. The van der Waals surface area contributed by atoms with Crippen molar-refractivity contribution in [2.45, 2.75) is 52.4 Å². The Morgan fingerprint density at radius 2 is 1.08 bits per heavy atom. The molecule has 0 unspecified atom stereocenters. The smallest absolute Gasteiger partial charge is 0.111 e. The van der Waals surface area contributed by atoms with Crippen LogP contribution in [0.3, 0.4) is 0 Å². The van der Waals surface area contributed by atoms with Crippen molar-refractivity contribution < 1.29 is 0 Å². The lowest BCUT2D eigenvalue weighted by atomic mass is 9.87. The lowest BCUT2D eigenvalue weighted by Gasteiger charge is -2.27. The number of nitrogens with two attached hydrogens (primary N) is 1. The molecule has 0 fully saturated rings. The van der Waals surface area contributed by atoms with Crippen molar-refractivity contribution in [2.75, 3.05) is 11.4 Å². The number of amidine groups is 1. The maximum atomic E-state index is 7.74. The highest BCUT2D eigenvalue weighted by Crippen LogP contribution is 2.30. The summed E-state index contributed by atoms with van der Waals surface area (Å²) in [5.74, 6) is 0.153. The van der Waals surface area contributed by atoms with Crippen molar-refractivity contribution >= 4 is 17.2 Å². The van der Waals surface area contributed by atoms with E-state index in [4.69, 9.17) is 11.1 Å². The van der Waals surface area contributed by atoms with Crippen LogP contribution in [0.2, 0.25) is 0 Å². The number of anilines is 2. The van der Waals surface area contributed by atoms with E-state index in [1.807, 2.05) is 0 Å². The number of nitrogens with one attached hydrogen (secondary N) is 1. The Morgan fingerprint density at radius 1 is 0.760 bits per heavy atom. The molecular weight excluding hydrogens is 306 g/mol. The molecule has 0 amide bonds. The standard InChI is InChI=1S/C22H31N3/c1-21(2,3)16-7-11-18(12-8-16)25(15-20(23)24)19-13-9-17(10-14-19)22(4,5)6/h7-14H,15H2,1-6H3,(H3,23,24). The normalized spacial score (nSPS) is 12.1. The van der Waals surface area contributed by atoms with E-state index in [2.05, 4.69) is 95.0 Å². The van der Waals surface area contributed by atoms with Gasteiger partial charge in [-0.05, 0) is 46.2 Å². The van der Waals surface area contributed by atoms with Gasteiger partial charge in [-0.25, -0.2) is 0 Å². The second kappa shape index (κ2) is 6.91. The van der Waals surface area contributed by atoms with E-state index in [9.17, 15) is 0 Å². The van der Waals surface area contributed by atoms with Crippen molar-refractivity contribution in [2.24, 2.45) is 5.73 Å².